The topological polar surface area (TPSA) is 38.3 Å². The lowest BCUT2D eigenvalue weighted by Gasteiger charge is -2.17. The first kappa shape index (κ1) is 18.2. The molecule has 0 saturated heterocycles. The molecule has 1 amide bonds. The predicted octanol–water partition coefficient (Wildman–Crippen LogP) is 5.16. The lowest BCUT2D eigenvalue weighted by atomic mass is 10.1. The number of amides is 1. The van der Waals surface area contributed by atoms with E-state index in [1.165, 1.54) is 0 Å². The van der Waals surface area contributed by atoms with Gasteiger partial charge in [-0.25, -0.2) is 5.48 Å². The van der Waals surface area contributed by atoms with Gasteiger partial charge in [-0.15, -0.1) is 11.8 Å². The monoisotopic (exact) mass is 363 g/mol. The van der Waals surface area contributed by atoms with Gasteiger partial charge in [-0.2, -0.15) is 0 Å². The predicted molar refractivity (Wildman–Crippen MR) is 105 cm³/mol. The average molecular weight is 363 g/mol. The van der Waals surface area contributed by atoms with Gasteiger partial charge < -0.3 is 0 Å². The highest BCUT2D eigenvalue weighted by molar-refractivity contribution is 7.99. The summed E-state index contributed by atoms with van der Waals surface area (Å²) in [5, 5.41) is 0.0268. The molecular weight excluding hydrogens is 342 g/mol. The number of hydrogen-bond acceptors (Lipinski definition) is 3. The quantitative estimate of drug-likeness (QED) is 0.444. The molecule has 0 fully saturated rings. The van der Waals surface area contributed by atoms with Gasteiger partial charge in [0.05, 0.1) is 6.61 Å². The molecule has 0 aromatic heterocycles. The maximum absolute atomic E-state index is 12.4. The maximum atomic E-state index is 12.4. The summed E-state index contributed by atoms with van der Waals surface area (Å²) in [7, 11) is 0. The molecule has 26 heavy (non-hydrogen) atoms. The Bertz CT molecular complexity index is 794. The summed E-state index contributed by atoms with van der Waals surface area (Å²) in [5.41, 5.74) is 4.71. The van der Waals surface area contributed by atoms with Crippen LogP contribution in [0.2, 0.25) is 0 Å². The van der Waals surface area contributed by atoms with Gasteiger partial charge in [0, 0.05) is 16.6 Å². The zero-order chi connectivity index (χ0) is 18.0. The van der Waals surface area contributed by atoms with Crippen LogP contribution >= 0.6 is 11.8 Å². The molecule has 132 valence electrons. The van der Waals surface area contributed by atoms with Gasteiger partial charge in [-0.05, 0) is 23.3 Å². The Morgan fingerprint density at radius 3 is 2.08 bits per heavy atom. The molecular formula is C22H21NO2S. The van der Waals surface area contributed by atoms with Crippen LogP contribution in [0.3, 0.4) is 0 Å². The van der Waals surface area contributed by atoms with Crippen molar-refractivity contribution in [2.75, 3.05) is 0 Å². The standard InChI is InChI=1S/C22H21NO2S/c24-22(23-25-17-18-10-4-1-5-11-18)16-21(19-12-6-2-7-13-19)26-20-14-8-3-9-15-20/h1-15,21H,16-17H2,(H,23,24). The van der Waals surface area contributed by atoms with Gasteiger partial charge in [0.15, 0.2) is 0 Å². The average Bonchev–Trinajstić information content (AvgIpc) is 2.70. The van der Waals surface area contributed by atoms with E-state index in [0.29, 0.717) is 13.0 Å². The first-order chi connectivity index (χ1) is 12.8. The molecule has 1 atom stereocenters. The van der Waals surface area contributed by atoms with E-state index >= 15 is 0 Å². The Kier molecular flexibility index (Phi) is 6.88. The summed E-state index contributed by atoms with van der Waals surface area (Å²) in [5.74, 6) is -0.127. The normalized spacial score (nSPS) is 11.7. The van der Waals surface area contributed by atoms with Crippen LogP contribution in [0.15, 0.2) is 95.9 Å². The van der Waals surface area contributed by atoms with Gasteiger partial charge in [0.1, 0.15) is 0 Å². The molecule has 0 aliphatic heterocycles. The zero-order valence-electron chi connectivity index (χ0n) is 14.4. The molecule has 0 bridgehead atoms. The van der Waals surface area contributed by atoms with E-state index in [1.807, 2.05) is 66.7 Å². The zero-order valence-corrected chi connectivity index (χ0v) is 15.2. The number of rotatable bonds is 8. The summed E-state index contributed by atoms with van der Waals surface area (Å²) in [6.07, 6.45) is 0.346. The van der Waals surface area contributed by atoms with Crippen molar-refractivity contribution in [1.82, 2.24) is 5.48 Å². The van der Waals surface area contributed by atoms with Crippen molar-refractivity contribution in [2.45, 2.75) is 23.2 Å². The van der Waals surface area contributed by atoms with Gasteiger partial charge in [-0.1, -0.05) is 78.9 Å². The Hall–Kier alpha value is -2.56. The highest BCUT2D eigenvalue weighted by atomic mass is 32.2. The Balaban J connectivity index is 1.59. The Labute approximate surface area is 158 Å². The third-order valence-corrected chi connectivity index (χ3v) is 5.10. The van der Waals surface area contributed by atoms with Crippen molar-refractivity contribution < 1.29 is 9.63 Å². The summed E-state index contributed by atoms with van der Waals surface area (Å²) in [4.78, 5) is 18.9. The molecule has 4 heteroatoms. The van der Waals surface area contributed by atoms with E-state index in [-0.39, 0.29) is 11.2 Å². The largest absolute Gasteiger partial charge is 0.273 e. The number of thioether (sulfide) groups is 1. The second-order valence-corrected chi connectivity index (χ2v) is 7.11. The first-order valence-corrected chi connectivity index (χ1v) is 9.40. The van der Waals surface area contributed by atoms with Gasteiger partial charge >= 0.3 is 0 Å². The molecule has 0 spiro atoms. The summed E-state index contributed by atoms with van der Waals surface area (Å²) < 4.78 is 0. The summed E-state index contributed by atoms with van der Waals surface area (Å²) in [6, 6.07) is 30.0. The second-order valence-electron chi connectivity index (χ2n) is 5.83. The molecule has 3 nitrogen and oxygen atoms in total. The Morgan fingerprint density at radius 1 is 0.846 bits per heavy atom. The smallest absolute Gasteiger partial charge is 0.245 e. The lowest BCUT2D eigenvalue weighted by Crippen LogP contribution is -2.24. The van der Waals surface area contributed by atoms with Gasteiger partial charge in [0.25, 0.3) is 0 Å². The minimum Gasteiger partial charge on any atom is -0.273 e. The van der Waals surface area contributed by atoms with Crippen molar-refractivity contribution in [3.8, 4) is 0 Å². The van der Waals surface area contributed by atoms with Crippen LogP contribution in [0.25, 0.3) is 0 Å². The number of carbonyl (C=O) groups excluding carboxylic acids is 1. The molecule has 1 N–H and O–H groups in total. The minimum atomic E-state index is -0.127. The molecule has 0 heterocycles. The number of benzene rings is 3. The highest BCUT2D eigenvalue weighted by Crippen LogP contribution is 2.37. The molecule has 1 unspecified atom stereocenters. The van der Waals surface area contributed by atoms with E-state index < -0.39 is 0 Å². The van der Waals surface area contributed by atoms with Crippen LogP contribution in [0.4, 0.5) is 0 Å². The molecule has 0 radical (unpaired) electrons. The van der Waals surface area contributed by atoms with Crippen LogP contribution in [0.5, 0.6) is 0 Å². The highest BCUT2D eigenvalue weighted by Gasteiger charge is 2.17. The Morgan fingerprint density at radius 2 is 1.42 bits per heavy atom. The van der Waals surface area contributed by atoms with E-state index in [0.717, 1.165) is 16.0 Å². The van der Waals surface area contributed by atoms with Gasteiger partial charge in [-0.3, -0.25) is 9.63 Å². The van der Waals surface area contributed by atoms with E-state index in [9.17, 15) is 4.79 Å². The molecule has 3 aromatic rings. The van der Waals surface area contributed by atoms with Crippen molar-refractivity contribution in [2.24, 2.45) is 0 Å². The van der Waals surface area contributed by atoms with Crippen molar-refractivity contribution in [3.05, 3.63) is 102 Å². The van der Waals surface area contributed by atoms with E-state index in [4.69, 9.17) is 4.84 Å². The van der Waals surface area contributed by atoms with Crippen LogP contribution in [0.1, 0.15) is 22.8 Å². The van der Waals surface area contributed by atoms with Crippen molar-refractivity contribution in [3.63, 3.8) is 0 Å². The lowest BCUT2D eigenvalue weighted by molar-refractivity contribution is -0.134. The molecule has 0 saturated carbocycles. The fraction of sp³-hybridized carbons (Fsp3) is 0.136. The molecule has 0 aliphatic rings. The summed E-state index contributed by atoms with van der Waals surface area (Å²) in [6.45, 7) is 0.356. The van der Waals surface area contributed by atoms with Crippen molar-refractivity contribution in [1.29, 1.82) is 0 Å². The molecule has 0 aliphatic carbocycles. The van der Waals surface area contributed by atoms with E-state index in [2.05, 4.69) is 29.7 Å². The minimum absolute atomic E-state index is 0.0268. The fourth-order valence-corrected chi connectivity index (χ4v) is 3.71. The van der Waals surface area contributed by atoms with Crippen LogP contribution < -0.4 is 5.48 Å². The van der Waals surface area contributed by atoms with Crippen molar-refractivity contribution >= 4 is 17.7 Å². The molecule has 3 aromatic carbocycles. The SMILES string of the molecule is O=C(CC(Sc1ccccc1)c1ccccc1)NOCc1ccccc1. The number of carbonyl (C=O) groups is 1. The molecule has 3 rings (SSSR count). The van der Waals surface area contributed by atoms with Gasteiger partial charge in [0.2, 0.25) is 5.91 Å². The third-order valence-electron chi connectivity index (χ3n) is 3.83. The van der Waals surface area contributed by atoms with Crippen LogP contribution in [-0.4, -0.2) is 5.91 Å². The van der Waals surface area contributed by atoms with Crippen LogP contribution in [-0.2, 0) is 16.2 Å². The number of nitrogens with one attached hydrogen (secondary N) is 1. The second kappa shape index (κ2) is 9.80. The third kappa shape index (κ3) is 5.76. The van der Waals surface area contributed by atoms with E-state index in [1.54, 1.807) is 11.8 Å². The first-order valence-electron chi connectivity index (χ1n) is 8.52. The summed E-state index contributed by atoms with van der Waals surface area (Å²) >= 11 is 1.68. The van der Waals surface area contributed by atoms with Crippen LogP contribution in [0, 0.1) is 0 Å². The number of hydroxylamine groups is 1. The number of hydrogen-bond donors (Lipinski definition) is 1. The maximum Gasteiger partial charge on any atom is 0.245 e. The fourth-order valence-electron chi connectivity index (χ4n) is 2.54.